The summed E-state index contributed by atoms with van der Waals surface area (Å²) in [6, 6.07) is 12.6. The zero-order valence-corrected chi connectivity index (χ0v) is 18.4. The van der Waals surface area contributed by atoms with Gasteiger partial charge in [0.05, 0.1) is 38.5 Å². The second-order valence-electron chi connectivity index (χ2n) is 6.46. The lowest BCUT2D eigenvalue weighted by atomic mass is 10.2. The average Bonchev–Trinajstić information content (AvgIpc) is 3.28. The summed E-state index contributed by atoms with van der Waals surface area (Å²) in [6.45, 7) is 0. The number of carbonyl (C=O) groups is 1. The van der Waals surface area contributed by atoms with Crippen LogP contribution in [0.4, 0.5) is 5.69 Å². The Balaban J connectivity index is 1.50. The molecule has 1 amide bonds. The lowest BCUT2D eigenvalue weighted by Crippen LogP contribution is -2.15. The highest BCUT2D eigenvalue weighted by Crippen LogP contribution is 2.30. The van der Waals surface area contributed by atoms with E-state index in [2.05, 4.69) is 25.6 Å². The van der Waals surface area contributed by atoms with Crippen molar-refractivity contribution in [3.63, 3.8) is 0 Å². The molecule has 0 unspecified atom stereocenters. The molecule has 0 spiro atoms. The van der Waals surface area contributed by atoms with E-state index in [9.17, 15) is 4.79 Å². The molecule has 0 aliphatic carbocycles. The van der Waals surface area contributed by atoms with E-state index in [1.807, 2.05) is 24.3 Å². The van der Waals surface area contributed by atoms with Crippen molar-refractivity contribution in [1.82, 2.24) is 25.0 Å². The van der Waals surface area contributed by atoms with E-state index in [1.54, 1.807) is 37.1 Å². The Morgan fingerprint density at radius 3 is 2.62 bits per heavy atom. The summed E-state index contributed by atoms with van der Waals surface area (Å²) in [6.07, 6.45) is 1.43. The second-order valence-corrected chi connectivity index (χ2v) is 7.42. The summed E-state index contributed by atoms with van der Waals surface area (Å²) >= 11 is 1.25. The third-order valence-electron chi connectivity index (χ3n) is 4.52. The number of carbonyl (C=O) groups excluding carboxylic acids is 1. The van der Waals surface area contributed by atoms with E-state index in [4.69, 9.17) is 14.2 Å². The third kappa shape index (κ3) is 4.42. The summed E-state index contributed by atoms with van der Waals surface area (Å²) < 4.78 is 17.4. The van der Waals surface area contributed by atoms with Gasteiger partial charge in [-0.3, -0.25) is 4.79 Å². The summed E-state index contributed by atoms with van der Waals surface area (Å²) in [5, 5.41) is 11.8. The number of methoxy groups -OCH3 is 3. The minimum absolute atomic E-state index is 0.118. The van der Waals surface area contributed by atoms with Crippen LogP contribution in [-0.2, 0) is 4.79 Å². The molecule has 2 aromatic carbocycles. The molecule has 0 aliphatic rings. The zero-order chi connectivity index (χ0) is 22.5. The minimum atomic E-state index is -0.217. The number of nitrogens with one attached hydrogen (secondary N) is 1. The van der Waals surface area contributed by atoms with Crippen molar-refractivity contribution >= 4 is 34.5 Å². The predicted molar refractivity (Wildman–Crippen MR) is 120 cm³/mol. The van der Waals surface area contributed by atoms with Crippen LogP contribution in [0.3, 0.4) is 0 Å². The number of rotatable bonds is 8. The Kier molecular flexibility index (Phi) is 6.36. The van der Waals surface area contributed by atoms with Crippen molar-refractivity contribution in [2.45, 2.75) is 5.03 Å². The van der Waals surface area contributed by atoms with Crippen LogP contribution in [0.1, 0.15) is 0 Å². The van der Waals surface area contributed by atoms with E-state index in [0.717, 1.165) is 5.69 Å². The van der Waals surface area contributed by atoms with Crippen LogP contribution in [0, 0.1) is 0 Å². The maximum Gasteiger partial charge on any atom is 0.234 e. The Morgan fingerprint density at radius 2 is 1.84 bits per heavy atom. The molecule has 0 aliphatic heterocycles. The van der Waals surface area contributed by atoms with E-state index in [1.165, 1.54) is 25.2 Å². The van der Waals surface area contributed by atoms with Crippen LogP contribution in [0.2, 0.25) is 0 Å². The molecule has 32 heavy (non-hydrogen) atoms. The fraction of sp³-hybridized carbons (Fsp3) is 0.190. The molecule has 11 heteroatoms. The van der Waals surface area contributed by atoms with Crippen LogP contribution in [0.5, 0.6) is 17.2 Å². The number of nitrogens with zero attached hydrogens (tertiary/aromatic N) is 5. The van der Waals surface area contributed by atoms with E-state index in [0.29, 0.717) is 39.1 Å². The lowest BCUT2D eigenvalue weighted by molar-refractivity contribution is -0.113. The van der Waals surface area contributed by atoms with Gasteiger partial charge in [-0.25, -0.2) is 9.97 Å². The quantitative estimate of drug-likeness (QED) is 0.318. The number of hydrogen-bond acceptors (Lipinski definition) is 9. The number of thioether (sulfide) groups is 1. The first-order valence-corrected chi connectivity index (χ1v) is 10.5. The molecule has 4 aromatic rings. The molecule has 2 aromatic heterocycles. The van der Waals surface area contributed by atoms with Gasteiger partial charge in [0.2, 0.25) is 5.91 Å². The number of fused-ring (bicyclic) bond motifs is 1. The van der Waals surface area contributed by atoms with Crippen molar-refractivity contribution in [2.75, 3.05) is 32.4 Å². The molecule has 2 heterocycles. The first-order chi connectivity index (χ1) is 15.6. The van der Waals surface area contributed by atoms with Crippen molar-refractivity contribution in [1.29, 1.82) is 0 Å². The summed E-state index contributed by atoms with van der Waals surface area (Å²) in [5.41, 5.74) is 2.35. The number of aromatic nitrogens is 5. The van der Waals surface area contributed by atoms with E-state index >= 15 is 0 Å². The summed E-state index contributed by atoms with van der Waals surface area (Å²) in [5.74, 6) is 1.74. The van der Waals surface area contributed by atoms with Crippen LogP contribution >= 0.6 is 11.8 Å². The van der Waals surface area contributed by atoms with Crippen molar-refractivity contribution in [2.24, 2.45) is 0 Å². The fourth-order valence-electron chi connectivity index (χ4n) is 2.97. The topological polar surface area (TPSA) is 113 Å². The molecule has 4 rings (SSSR count). The Labute approximate surface area is 187 Å². The van der Waals surface area contributed by atoms with Gasteiger partial charge in [-0.05, 0) is 24.3 Å². The van der Waals surface area contributed by atoms with E-state index in [-0.39, 0.29) is 11.7 Å². The van der Waals surface area contributed by atoms with Crippen molar-refractivity contribution in [3.8, 4) is 22.9 Å². The van der Waals surface area contributed by atoms with Gasteiger partial charge in [-0.1, -0.05) is 23.0 Å². The number of benzene rings is 2. The predicted octanol–water partition coefficient (Wildman–Crippen LogP) is 2.97. The monoisotopic (exact) mass is 452 g/mol. The van der Waals surface area contributed by atoms with Gasteiger partial charge in [-0.15, -0.1) is 5.10 Å². The van der Waals surface area contributed by atoms with Crippen LogP contribution in [-0.4, -0.2) is 58.0 Å². The van der Waals surface area contributed by atoms with Crippen LogP contribution < -0.4 is 19.5 Å². The first kappa shape index (κ1) is 21.4. The Bertz CT molecular complexity index is 1260. The van der Waals surface area contributed by atoms with Gasteiger partial charge in [0.25, 0.3) is 0 Å². The maximum atomic E-state index is 12.5. The standard InChI is InChI=1S/C21H20N6O4S/c1-29-14-6-4-5-13(9-14)27-20-19(25-26-27)21(23-12-22-20)32-11-18(28)24-16-8-7-15(30-2)10-17(16)31-3/h4-10,12H,11H2,1-3H3,(H,24,28). The largest absolute Gasteiger partial charge is 0.497 e. The highest BCUT2D eigenvalue weighted by Gasteiger charge is 2.16. The van der Waals surface area contributed by atoms with Gasteiger partial charge in [0.1, 0.15) is 28.6 Å². The molecule has 164 valence electrons. The molecule has 0 saturated heterocycles. The molecular formula is C21H20N6O4S. The highest BCUT2D eigenvalue weighted by atomic mass is 32.2. The number of ether oxygens (including phenoxy) is 3. The van der Waals surface area contributed by atoms with Gasteiger partial charge >= 0.3 is 0 Å². The van der Waals surface area contributed by atoms with Gasteiger partial charge in [-0.2, -0.15) is 4.68 Å². The van der Waals surface area contributed by atoms with Gasteiger partial charge < -0.3 is 19.5 Å². The maximum absolute atomic E-state index is 12.5. The number of hydrogen-bond donors (Lipinski definition) is 1. The molecule has 0 atom stereocenters. The second kappa shape index (κ2) is 9.52. The van der Waals surface area contributed by atoms with Crippen molar-refractivity contribution < 1.29 is 19.0 Å². The molecule has 1 N–H and O–H groups in total. The molecule has 10 nitrogen and oxygen atoms in total. The van der Waals surface area contributed by atoms with Crippen LogP contribution in [0.15, 0.2) is 53.8 Å². The highest BCUT2D eigenvalue weighted by molar-refractivity contribution is 8.00. The fourth-order valence-corrected chi connectivity index (χ4v) is 3.70. The number of anilines is 1. The molecule has 0 bridgehead atoms. The summed E-state index contributed by atoms with van der Waals surface area (Å²) in [4.78, 5) is 21.1. The lowest BCUT2D eigenvalue weighted by Gasteiger charge is -2.11. The number of amides is 1. The first-order valence-electron chi connectivity index (χ1n) is 9.48. The molecule has 0 fully saturated rings. The minimum Gasteiger partial charge on any atom is -0.497 e. The summed E-state index contributed by atoms with van der Waals surface area (Å²) in [7, 11) is 4.70. The average molecular weight is 452 g/mol. The Morgan fingerprint density at radius 1 is 1.03 bits per heavy atom. The van der Waals surface area contributed by atoms with Gasteiger partial charge in [0, 0.05) is 12.1 Å². The van der Waals surface area contributed by atoms with E-state index < -0.39 is 0 Å². The van der Waals surface area contributed by atoms with Crippen LogP contribution in [0.25, 0.3) is 16.9 Å². The molecule has 0 saturated carbocycles. The van der Waals surface area contributed by atoms with Gasteiger partial charge in [0.15, 0.2) is 11.2 Å². The SMILES string of the molecule is COc1cccc(-n2nnc3c(SCC(=O)Nc4ccc(OC)cc4OC)ncnc32)c1. The third-order valence-corrected chi connectivity index (χ3v) is 5.50. The smallest absolute Gasteiger partial charge is 0.234 e. The molecule has 0 radical (unpaired) electrons. The zero-order valence-electron chi connectivity index (χ0n) is 17.6. The molecular weight excluding hydrogens is 432 g/mol. The Hall–Kier alpha value is -3.86. The normalized spacial score (nSPS) is 10.7. The van der Waals surface area contributed by atoms with Crippen molar-refractivity contribution in [3.05, 3.63) is 48.8 Å².